The molecule has 1 aliphatic heterocycles. The molecule has 0 aromatic rings. The number of nitrogens with one attached hydrogen (secondary N) is 2. The molecule has 1 heterocycles. The summed E-state index contributed by atoms with van der Waals surface area (Å²) in [6, 6.07) is 0. The standard InChI is InChI=1S/C15H28N2O3/c1-10(2)12(4-5-14(18)19)6-7-17-15(20)13-9-16-8-11(13)3/h10-13,16H,4-9H2,1-3H3,(H,17,20)(H,18,19). The molecular weight excluding hydrogens is 256 g/mol. The molecular formula is C15H28N2O3. The maximum Gasteiger partial charge on any atom is 0.303 e. The van der Waals surface area contributed by atoms with E-state index in [1.54, 1.807) is 0 Å². The van der Waals surface area contributed by atoms with Gasteiger partial charge in [-0.05, 0) is 37.1 Å². The van der Waals surface area contributed by atoms with Gasteiger partial charge in [0.05, 0.1) is 5.92 Å². The lowest BCUT2D eigenvalue weighted by Crippen LogP contribution is -2.35. The normalized spacial score (nSPS) is 23.8. The second kappa shape index (κ2) is 8.25. The first-order valence-electron chi connectivity index (χ1n) is 7.62. The van der Waals surface area contributed by atoms with Crippen LogP contribution in [0.25, 0.3) is 0 Å². The zero-order valence-electron chi connectivity index (χ0n) is 12.8. The summed E-state index contributed by atoms with van der Waals surface area (Å²) in [5, 5.41) is 15.0. The molecule has 0 bridgehead atoms. The van der Waals surface area contributed by atoms with E-state index in [9.17, 15) is 9.59 Å². The fraction of sp³-hybridized carbons (Fsp3) is 0.867. The van der Waals surface area contributed by atoms with Gasteiger partial charge in [-0.3, -0.25) is 9.59 Å². The largest absolute Gasteiger partial charge is 0.481 e. The summed E-state index contributed by atoms with van der Waals surface area (Å²) in [5.41, 5.74) is 0. The predicted molar refractivity (Wildman–Crippen MR) is 78.3 cm³/mol. The van der Waals surface area contributed by atoms with Gasteiger partial charge >= 0.3 is 5.97 Å². The van der Waals surface area contributed by atoms with Crippen LogP contribution in [-0.4, -0.2) is 36.6 Å². The van der Waals surface area contributed by atoms with Crippen LogP contribution in [0.15, 0.2) is 0 Å². The minimum absolute atomic E-state index is 0.0755. The molecule has 0 aromatic heterocycles. The third kappa shape index (κ3) is 5.49. The molecule has 1 rings (SSSR count). The van der Waals surface area contributed by atoms with Crippen molar-refractivity contribution in [3.8, 4) is 0 Å². The molecule has 3 N–H and O–H groups in total. The van der Waals surface area contributed by atoms with E-state index in [-0.39, 0.29) is 18.2 Å². The number of carboxylic acids is 1. The Morgan fingerprint density at radius 3 is 2.50 bits per heavy atom. The van der Waals surface area contributed by atoms with Crippen LogP contribution in [0.1, 0.15) is 40.0 Å². The highest BCUT2D eigenvalue weighted by molar-refractivity contribution is 5.79. The van der Waals surface area contributed by atoms with Gasteiger partial charge in [0.1, 0.15) is 0 Å². The van der Waals surface area contributed by atoms with Gasteiger partial charge in [0, 0.05) is 19.5 Å². The number of carbonyl (C=O) groups excluding carboxylic acids is 1. The van der Waals surface area contributed by atoms with Crippen molar-refractivity contribution in [3.05, 3.63) is 0 Å². The lowest BCUT2D eigenvalue weighted by atomic mass is 9.88. The second-order valence-electron chi connectivity index (χ2n) is 6.26. The van der Waals surface area contributed by atoms with E-state index in [1.165, 1.54) is 0 Å². The molecule has 1 saturated heterocycles. The number of hydrogen-bond acceptors (Lipinski definition) is 3. The lowest BCUT2D eigenvalue weighted by molar-refractivity contribution is -0.137. The Bertz CT molecular complexity index is 331. The Morgan fingerprint density at radius 2 is 2.00 bits per heavy atom. The van der Waals surface area contributed by atoms with E-state index in [0.29, 0.717) is 30.7 Å². The average Bonchev–Trinajstić information content (AvgIpc) is 2.78. The van der Waals surface area contributed by atoms with Crippen LogP contribution in [0.2, 0.25) is 0 Å². The third-order valence-electron chi connectivity index (χ3n) is 4.34. The van der Waals surface area contributed by atoms with Gasteiger partial charge in [-0.25, -0.2) is 0 Å². The van der Waals surface area contributed by atoms with Crippen molar-refractivity contribution in [2.24, 2.45) is 23.7 Å². The zero-order valence-corrected chi connectivity index (χ0v) is 12.8. The lowest BCUT2D eigenvalue weighted by Gasteiger charge is -2.21. The summed E-state index contributed by atoms with van der Waals surface area (Å²) in [6.45, 7) is 8.62. The van der Waals surface area contributed by atoms with E-state index in [1.807, 2.05) is 0 Å². The predicted octanol–water partition coefficient (Wildman–Crippen LogP) is 1.49. The molecule has 116 valence electrons. The quantitative estimate of drug-likeness (QED) is 0.631. The van der Waals surface area contributed by atoms with E-state index < -0.39 is 5.97 Å². The molecule has 5 heteroatoms. The van der Waals surface area contributed by atoms with E-state index in [4.69, 9.17) is 5.11 Å². The van der Waals surface area contributed by atoms with E-state index in [2.05, 4.69) is 31.4 Å². The van der Waals surface area contributed by atoms with Crippen LogP contribution in [0.3, 0.4) is 0 Å². The van der Waals surface area contributed by atoms with Crippen LogP contribution in [0, 0.1) is 23.7 Å². The van der Waals surface area contributed by atoms with Crippen LogP contribution in [-0.2, 0) is 9.59 Å². The van der Waals surface area contributed by atoms with Crippen LogP contribution >= 0.6 is 0 Å². The van der Waals surface area contributed by atoms with Crippen molar-refractivity contribution in [1.82, 2.24) is 10.6 Å². The Hall–Kier alpha value is -1.10. The van der Waals surface area contributed by atoms with Gasteiger partial charge in [0.25, 0.3) is 0 Å². The van der Waals surface area contributed by atoms with Gasteiger partial charge in [-0.2, -0.15) is 0 Å². The first kappa shape index (κ1) is 17.0. The van der Waals surface area contributed by atoms with Gasteiger partial charge in [-0.1, -0.05) is 20.8 Å². The van der Waals surface area contributed by atoms with Crippen molar-refractivity contribution in [3.63, 3.8) is 0 Å². The summed E-state index contributed by atoms with van der Waals surface area (Å²) in [5.74, 6) is 0.645. The van der Waals surface area contributed by atoms with E-state index >= 15 is 0 Å². The Labute approximate surface area is 121 Å². The summed E-state index contributed by atoms with van der Waals surface area (Å²) < 4.78 is 0. The molecule has 0 radical (unpaired) electrons. The van der Waals surface area contributed by atoms with Crippen molar-refractivity contribution in [2.75, 3.05) is 19.6 Å². The smallest absolute Gasteiger partial charge is 0.303 e. The van der Waals surface area contributed by atoms with Gasteiger partial charge in [0.15, 0.2) is 0 Å². The topological polar surface area (TPSA) is 78.4 Å². The first-order valence-corrected chi connectivity index (χ1v) is 7.62. The zero-order chi connectivity index (χ0) is 15.1. The highest BCUT2D eigenvalue weighted by atomic mass is 16.4. The molecule has 1 amide bonds. The number of carbonyl (C=O) groups is 2. The summed E-state index contributed by atoms with van der Waals surface area (Å²) >= 11 is 0. The molecule has 0 aliphatic carbocycles. The summed E-state index contributed by atoms with van der Waals surface area (Å²) in [7, 11) is 0. The number of carboxylic acid groups (broad SMARTS) is 1. The minimum atomic E-state index is -0.745. The fourth-order valence-electron chi connectivity index (χ4n) is 2.79. The van der Waals surface area contributed by atoms with Crippen LogP contribution in [0.4, 0.5) is 0 Å². The highest BCUT2D eigenvalue weighted by Crippen LogP contribution is 2.21. The third-order valence-corrected chi connectivity index (χ3v) is 4.34. The van der Waals surface area contributed by atoms with Crippen LogP contribution < -0.4 is 10.6 Å². The van der Waals surface area contributed by atoms with Gasteiger partial charge in [0.2, 0.25) is 5.91 Å². The van der Waals surface area contributed by atoms with Crippen molar-refractivity contribution in [1.29, 1.82) is 0 Å². The van der Waals surface area contributed by atoms with E-state index in [0.717, 1.165) is 19.5 Å². The molecule has 0 spiro atoms. The number of rotatable bonds is 8. The molecule has 0 aromatic carbocycles. The monoisotopic (exact) mass is 284 g/mol. The maximum atomic E-state index is 12.0. The fourth-order valence-corrected chi connectivity index (χ4v) is 2.79. The number of aliphatic carboxylic acids is 1. The molecule has 3 atom stereocenters. The van der Waals surface area contributed by atoms with Gasteiger partial charge < -0.3 is 15.7 Å². The summed E-state index contributed by atoms with van der Waals surface area (Å²) in [6.07, 6.45) is 1.75. The molecule has 3 unspecified atom stereocenters. The first-order chi connectivity index (χ1) is 9.41. The van der Waals surface area contributed by atoms with Crippen molar-refractivity contribution >= 4 is 11.9 Å². The highest BCUT2D eigenvalue weighted by Gasteiger charge is 2.29. The van der Waals surface area contributed by atoms with Crippen molar-refractivity contribution in [2.45, 2.75) is 40.0 Å². The molecule has 5 nitrogen and oxygen atoms in total. The average molecular weight is 284 g/mol. The summed E-state index contributed by atoms with van der Waals surface area (Å²) in [4.78, 5) is 22.7. The Kier molecular flexibility index (Phi) is 6.99. The second-order valence-corrected chi connectivity index (χ2v) is 6.26. The maximum absolute atomic E-state index is 12.0. The number of amides is 1. The number of hydrogen-bond donors (Lipinski definition) is 3. The van der Waals surface area contributed by atoms with Gasteiger partial charge in [-0.15, -0.1) is 0 Å². The molecule has 0 saturated carbocycles. The minimum Gasteiger partial charge on any atom is -0.481 e. The Morgan fingerprint density at radius 1 is 1.30 bits per heavy atom. The molecule has 20 heavy (non-hydrogen) atoms. The Balaban J connectivity index is 2.29. The molecule has 1 fully saturated rings. The van der Waals surface area contributed by atoms with Crippen molar-refractivity contribution < 1.29 is 14.7 Å². The van der Waals surface area contributed by atoms with Crippen LogP contribution in [0.5, 0.6) is 0 Å². The SMILES string of the molecule is CC(C)C(CCNC(=O)C1CNCC1C)CCC(=O)O. The molecule has 1 aliphatic rings.